The van der Waals surface area contributed by atoms with Crippen LogP contribution in [0.5, 0.6) is 0 Å². The molecule has 0 aliphatic heterocycles. The minimum atomic E-state index is -0.968. The first-order valence-corrected chi connectivity index (χ1v) is 8.72. The van der Waals surface area contributed by atoms with Crippen molar-refractivity contribution in [3.8, 4) is 0 Å². The summed E-state index contributed by atoms with van der Waals surface area (Å²) in [4.78, 5) is 23.7. The molecule has 1 aromatic heterocycles. The predicted molar refractivity (Wildman–Crippen MR) is 88.4 cm³/mol. The van der Waals surface area contributed by atoms with Crippen molar-refractivity contribution in [2.75, 3.05) is 6.61 Å². The van der Waals surface area contributed by atoms with Gasteiger partial charge >= 0.3 is 5.97 Å². The molecule has 1 heterocycles. The van der Waals surface area contributed by atoms with Crippen LogP contribution in [0, 0.1) is 11.6 Å². The van der Waals surface area contributed by atoms with Gasteiger partial charge in [0.15, 0.2) is 0 Å². The van der Waals surface area contributed by atoms with E-state index in [1.807, 2.05) is 6.92 Å². The van der Waals surface area contributed by atoms with Crippen molar-refractivity contribution in [3.63, 3.8) is 0 Å². The molecule has 0 unspecified atom stereocenters. The topological polar surface area (TPSA) is 94.3 Å². The summed E-state index contributed by atoms with van der Waals surface area (Å²) in [7, 11) is 0. The van der Waals surface area contributed by atoms with E-state index in [4.69, 9.17) is 9.15 Å². The molecular weight excluding hydrogens is 368 g/mol. The lowest BCUT2D eigenvalue weighted by Gasteiger charge is -2.09. The van der Waals surface area contributed by atoms with Crippen molar-refractivity contribution in [1.29, 1.82) is 0 Å². The molecular formula is C16H17F2N3O4S. The van der Waals surface area contributed by atoms with E-state index in [0.717, 1.165) is 30.0 Å². The van der Waals surface area contributed by atoms with Gasteiger partial charge in [-0.3, -0.25) is 9.59 Å². The van der Waals surface area contributed by atoms with Crippen LogP contribution in [0.25, 0.3) is 0 Å². The van der Waals surface area contributed by atoms with E-state index in [2.05, 4.69) is 15.5 Å². The Bertz CT molecular complexity index is 764. The standard InChI is InChI=1S/C16H17F2N3O4S/c1-3-11(15(23)24-4-2)26-16-21-20-12(25-16)8-19-14(22)13-9(17)6-5-7-10(13)18/h5-7,11H,3-4,8H2,1-2H3,(H,19,22)/t11-/m1/s1. The molecule has 0 spiro atoms. The maximum Gasteiger partial charge on any atom is 0.319 e. The summed E-state index contributed by atoms with van der Waals surface area (Å²) in [6.07, 6.45) is 0.504. The van der Waals surface area contributed by atoms with Crippen LogP contribution in [0.15, 0.2) is 27.8 Å². The average Bonchev–Trinajstić information content (AvgIpc) is 3.05. The molecule has 140 valence electrons. The molecule has 0 radical (unpaired) electrons. The fourth-order valence-corrected chi connectivity index (χ4v) is 2.78. The minimum absolute atomic E-state index is 0.0382. The summed E-state index contributed by atoms with van der Waals surface area (Å²) in [5, 5.41) is 9.44. The Morgan fingerprint density at radius 3 is 2.58 bits per heavy atom. The number of aromatic nitrogens is 2. The zero-order valence-corrected chi connectivity index (χ0v) is 14.9. The molecule has 10 heteroatoms. The first-order chi connectivity index (χ1) is 12.5. The van der Waals surface area contributed by atoms with Crippen LogP contribution in [0.3, 0.4) is 0 Å². The summed E-state index contributed by atoms with van der Waals surface area (Å²) < 4.78 is 37.4. The number of amides is 1. The van der Waals surface area contributed by atoms with Gasteiger partial charge in [0.05, 0.1) is 13.2 Å². The van der Waals surface area contributed by atoms with Gasteiger partial charge in [-0.2, -0.15) is 0 Å². The van der Waals surface area contributed by atoms with Gasteiger partial charge < -0.3 is 14.5 Å². The number of benzene rings is 1. The fourth-order valence-electron chi connectivity index (χ4n) is 1.97. The molecule has 0 bridgehead atoms. The largest absolute Gasteiger partial charge is 0.465 e. The molecule has 1 amide bonds. The zero-order valence-electron chi connectivity index (χ0n) is 14.1. The molecule has 0 saturated heterocycles. The Morgan fingerprint density at radius 2 is 1.96 bits per heavy atom. The quantitative estimate of drug-likeness (QED) is 0.551. The molecule has 26 heavy (non-hydrogen) atoms. The van der Waals surface area contributed by atoms with E-state index in [-0.39, 0.29) is 30.2 Å². The molecule has 1 N–H and O–H groups in total. The monoisotopic (exact) mass is 385 g/mol. The minimum Gasteiger partial charge on any atom is -0.465 e. The maximum atomic E-state index is 13.6. The molecule has 0 fully saturated rings. The van der Waals surface area contributed by atoms with Crippen LogP contribution in [0.1, 0.15) is 36.5 Å². The number of thioether (sulfide) groups is 1. The highest BCUT2D eigenvalue weighted by molar-refractivity contribution is 8.00. The van der Waals surface area contributed by atoms with Crippen LogP contribution in [-0.2, 0) is 16.1 Å². The molecule has 0 aliphatic rings. The van der Waals surface area contributed by atoms with Crippen molar-refractivity contribution >= 4 is 23.6 Å². The third-order valence-electron chi connectivity index (χ3n) is 3.20. The summed E-state index contributed by atoms with van der Waals surface area (Å²) in [6, 6.07) is 3.13. The van der Waals surface area contributed by atoms with Crippen LogP contribution in [0.4, 0.5) is 8.78 Å². The van der Waals surface area contributed by atoms with Crippen molar-refractivity contribution in [3.05, 3.63) is 41.3 Å². The number of esters is 1. The van der Waals surface area contributed by atoms with Gasteiger partial charge in [-0.1, -0.05) is 24.8 Å². The number of halogens is 2. The first-order valence-electron chi connectivity index (χ1n) is 7.84. The number of rotatable bonds is 8. The van der Waals surface area contributed by atoms with Crippen molar-refractivity contribution in [2.45, 2.75) is 37.3 Å². The second-order valence-corrected chi connectivity index (χ2v) is 6.16. The summed E-state index contributed by atoms with van der Waals surface area (Å²) in [5.74, 6) is -3.22. The van der Waals surface area contributed by atoms with Gasteiger partial charge in [-0.05, 0) is 25.5 Å². The highest BCUT2D eigenvalue weighted by Crippen LogP contribution is 2.25. The number of hydrogen-bond donors (Lipinski definition) is 1. The van der Waals surface area contributed by atoms with Crippen molar-refractivity contribution < 1.29 is 27.5 Å². The lowest BCUT2D eigenvalue weighted by Crippen LogP contribution is -2.25. The Kier molecular flexibility index (Phi) is 7.07. The molecule has 7 nitrogen and oxygen atoms in total. The number of carbonyl (C=O) groups excluding carboxylic acids is 2. The smallest absolute Gasteiger partial charge is 0.319 e. The fraction of sp³-hybridized carbons (Fsp3) is 0.375. The van der Waals surface area contributed by atoms with E-state index < -0.39 is 28.4 Å². The molecule has 2 aromatic rings. The summed E-state index contributed by atoms with van der Waals surface area (Å²) in [6.45, 7) is 3.58. The zero-order chi connectivity index (χ0) is 19.1. The van der Waals surface area contributed by atoms with Gasteiger partial charge in [0.25, 0.3) is 11.1 Å². The van der Waals surface area contributed by atoms with Crippen LogP contribution in [-0.4, -0.2) is 33.9 Å². The molecule has 1 atom stereocenters. The van der Waals surface area contributed by atoms with Crippen molar-refractivity contribution in [2.24, 2.45) is 0 Å². The highest BCUT2D eigenvalue weighted by Gasteiger charge is 2.23. The van der Waals surface area contributed by atoms with Gasteiger partial charge in [-0.15, -0.1) is 10.2 Å². The highest BCUT2D eigenvalue weighted by atomic mass is 32.2. The predicted octanol–water partition coefficient (Wildman–Crippen LogP) is 2.71. The lowest BCUT2D eigenvalue weighted by atomic mass is 10.2. The second-order valence-electron chi connectivity index (χ2n) is 5.01. The lowest BCUT2D eigenvalue weighted by molar-refractivity contribution is -0.142. The third-order valence-corrected chi connectivity index (χ3v) is 4.38. The first kappa shape index (κ1) is 19.8. The maximum absolute atomic E-state index is 13.6. The normalized spacial score (nSPS) is 11.8. The summed E-state index contributed by atoms with van der Waals surface area (Å²) in [5.41, 5.74) is -0.685. The number of hydrogen-bond acceptors (Lipinski definition) is 7. The Balaban J connectivity index is 1.96. The average molecular weight is 385 g/mol. The number of carbonyl (C=O) groups is 2. The van der Waals surface area contributed by atoms with Crippen molar-refractivity contribution in [1.82, 2.24) is 15.5 Å². The second kappa shape index (κ2) is 9.27. The van der Waals surface area contributed by atoms with Gasteiger partial charge in [0.1, 0.15) is 22.4 Å². The number of nitrogens with one attached hydrogen (secondary N) is 1. The van der Waals surface area contributed by atoms with Crippen LogP contribution >= 0.6 is 11.8 Å². The number of ether oxygens (including phenoxy) is 1. The van der Waals surface area contributed by atoms with Gasteiger partial charge in [0.2, 0.25) is 5.89 Å². The SMILES string of the molecule is CCOC(=O)[C@@H](CC)Sc1nnc(CNC(=O)c2c(F)cccc2F)o1. The molecule has 0 saturated carbocycles. The van der Waals surface area contributed by atoms with E-state index in [1.165, 1.54) is 0 Å². The van der Waals surface area contributed by atoms with E-state index in [9.17, 15) is 18.4 Å². The van der Waals surface area contributed by atoms with E-state index >= 15 is 0 Å². The molecule has 0 aliphatic carbocycles. The summed E-state index contributed by atoms with van der Waals surface area (Å²) >= 11 is 1.05. The van der Waals surface area contributed by atoms with Crippen LogP contribution < -0.4 is 5.32 Å². The Morgan fingerprint density at radius 1 is 1.27 bits per heavy atom. The number of nitrogens with zero attached hydrogens (tertiary/aromatic N) is 2. The molecule has 2 rings (SSSR count). The third kappa shape index (κ3) is 5.01. The Hall–Kier alpha value is -2.49. The van der Waals surface area contributed by atoms with Crippen LogP contribution in [0.2, 0.25) is 0 Å². The van der Waals surface area contributed by atoms with Gasteiger partial charge in [-0.25, -0.2) is 8.78 Å². The van der Waals surface area contributed by atoms with E-state index in [1.54, 1.807) is 6.92 Å². The molecule has 1 aromatic carbocycles. The van der Waals surface area contributed by atoms with Gasteiger partial charge in [0, 0.05) is 0 Å². The Labute approximate surface area is 152 Å². The van der Waals surface area contributed by atoms with E-state index in [0.29, 0.717) is 6.42 Å².